The summed E-state index contributed by atoms with van der Waals surface area (Å²) < 4.78 is 0. The van der Waals surface area contributed by atoms with Crippen LogP contribution in [0, 0.1) is 0 Å². The molecule has 0 saturated carbocycles. The lowest BCUT2D eigenvalue weighted by molar-refractivity contribution is 0.919. The number of benzene rings is 2. The van der Waals surface area contributed by atoms with Gasteiger partial charge in [0.25, 0.3) is 0 Å². The monoisotopic (exact) mass is 297 g/mol. The van der Waals surface area contributed by atoms with E-state index in [0.717, 1.165) is 13.0 Å². The highest BCUT2D eigenvalue weighted by Gasteiger charge is 2.15. The largest absolute Gasteiger partial charge is 0.381 e. The van der Waals surface area contributed by atoms with E-state index in [1.807, 2.05) is 0 Å². The fourth-order valence-electron chi connectivity index (χ4n) is 2.50. The Morgan fingerprint density at radius 2 is 1.57 bits per heavy atom. The molecule has 0 aromatic heterocycles. The minimum atomic E-state index is -1.18. The molecule has 0 amide bonds. The molecule has 0 fully saturated rings. The molecular weight excluding hydrogens is 270 g/mol. The maximum Gasteiger partial charge on any atom is 0.0775 e. The van der Waals surface area contributed by atoms with Gasteiger partial charge in [-0.3, -0.25) is 0 Å². The van der Waals surface area contributed by atoms with E-state index in [1.54, 1.807) is 0 Å². The number of rotatable bonds is 6. The zero-order chi connectivity index (χ0) is 15.3. The summed E-state index contributed by atoms with van der Waals surface area (Å²) >= 11 is 0. The van der Waals surface area contributed by atoms with Crippen LogP contribution in [0.1, 0.15) is 24.5 Å². The summed E-state index contributed by atoms with van der Waals surface area (Å²) in [6, 6.07) is 17.8. The second-order valence-corrected chi connectivity index (χ2v) is 11.8. The average Bonchev–Trinajstić information content (AvgIpc) is 2.46. The first-order chi connectivity index (χ1) is 10.0. The van der Waals surface area contributed by atoms with Crippen LogP contribution in [0.5, 0.6) is 0 Å². The van der Waals surface area contributed by atoms with Crippen molar-refractivity contribution in [3.63, 3.8) is 0 Å². The summed E-state index contributed by atoms with van der Waals surface area (Å²) in [4.78, 5) is 0. The van der Waals surface area contributed by atoms with Gasteiger partial charge in [0.1, 0.15) is 0 Å². The number of anilines is 1. The molecule has 21 heavy (non-hydrogen) atoms. The van der Waals surface area contributed by atoms with Crippen molar-refractivity contribution in [1.82, 2.24) is 0 Å². The van der Waals surface area contributed by atoms with Crippen molar-refractivity contribution >= 4 is 18.9 Å². The van der Waals surface area contributed by atoms with Crippen LogP contribution in [-0.2, 0) is 13.0 Å². The zero-order valence-electron chi connectivity index (χ0n) is 13.7. The Morgan fingerprint density at radius 3 is 2.19 bits per heavy atom. The van der Waals surface area contributed by atoms with Crippen LogP contribution < -0.4 is 10.5 Å². The molecule has 0 heterocycles. The van der Waals surface area contributed by atoms with E-state index >= 15 is 0 Å². The fraction of sp³-hybridized carbons (Fsp3) is 0.368. The van der Waals surface area contributed by atoms with Crippen molar-refractivity contribution in [2.45, 2.75) is 46.0 Å². The highest BCUT2D eigenvalue weighted by atomic mass is 28.3. The molecule has 1 N–H and O–H groups in total. The number of hydrogen-bond donors (Lipinski definition) is 1. The quantitative estimate of drug-likeness (QED) is 0.755. The molecule has 0 aliphatic carbocycles. The fourth-order valence-corrected chi connectivity index (χ4v) is 3.67. The van der Waals surface area contributed by atoms with E-state index in [2.05, 4.69) is 80.4 Å². The maximum atomic E-state index is 3.58. The van der Waals surface area contributed by atoms with E-state index in [9.17, 15) is 0 Å². The first-order valence-corrected chi connectivity index (χ1v) is 11.4. The van der Waals surface area contributed by atoms with Crippen molar-refractivity contribution in [2.24, 2.45) is 0 Å². The Morgan fingerprint density at radius 1 is 0.905 bits per heavy atom. The molecule has 0 radical (unpaired) electrons. The van der Waals surface area contributed by atoms with Gasteiger partial charge in [-0.1, -0.05) is 80.6 Å². The first kappa shape index (κ1) is 15.8. The number of hydrogen-bond acceptors (Lipinski definition) is 1. The van der Waals surface area contributed by atoms with E-state index < -0.39 is 8.07 Å². The second kappa shape index (κ2) is 6.95. The molecular formula is C19H27NSi. The highest BCUT2D eigenvalue weighted by molar-refractivity contribution is 6.88. The van der Waals surface area contributed by atoms with E-state index in [-0.39, 0.29) is 0 Å². The van der Waals surface area contributed by atoms with Gasteiger partial charge in [-0.05, 0) is 23.6 Å². The van der Waals surface area contributed by atoms with Gasteiger partial charge in [0.15, 0.2) is 0 Å². The van der Waals surface area contributed by atoms with Crippen LogP contribution in [0.25, 0.3) is 0 Å². The third kappa shape index (κ3) is 4.47. The molecule has 0 aliphatic heterocycles. The van der Waals surface area contributed by atoms with Crippen LogP contribution in [0.4, 0.5) is 5.69 Å². The summed E-state index contributed by atoms with van der Waals surface area (Å²) in [6.07, 6.45) is 2.32. The topological polar surface area (TPSA) is 12.0 Å². The smallest absolute Gasteiger partial charge is 0.0775 e. The third-order valence-electron chi connectivity index (χ3n) is 3.84. The summed E-state index contributed by atoms with van der Waals surface area (Å²) in [5.41, 5.74) is 4.04. The molecule has 0 bridgehead atoms. The second-order valence-electron chi connectivity index (χ2n) is 6.71. The molecule has 0 saturated heterocycles. The van der Waals surface area contributed by atoms with Crippen LogP contribution in [0.2, 0.25) is 19.6 Å². The minimum absolute atomic E-state index is 0.896. The lowest BCUT2D eigenvalue weighted by Gasteiger charge is -2.17. The SMILES string of the molecule is CCCc1ccccc1NCc1ccc([Si](C)(C)C)cc1. The highest BCUT2D eigenvalue weighted by Crippen LogP contribution is 2.17. The van der Waals surface area contributed by atoms with Gasteiger partial charge in [0, 0.05) is 12.2 Å². The van der Waals surface area contributed by atoms with Crippen molar-refractivity contribution < 1.29 is 0 Å². The summed E-state index contributed by atoms with van der Waals surface area (Å²) in [5.74, 6) is 0. The van der Waals surface area contributed by atoms with Crippen LogP contribution >= 0.6 is 0 Å². The minimum Gasteiger partial charge on any atom is -0.381 e. The Bertz CT molecular complexity index is 567. The van der Waals surface area contributed by atoms with Crippen LogP contribution in [0.15, 0.2) is 48.5 Å². The van der Waals surface area contributed by atoms with Crippen LogP contribution in [-0.4, -0.2) is 8.07 Å². The molecule has 0 aliphatic rings. The molecule has 2 aromatic rings. The lowest BCUT2D eigenvalue weighted by atomic mass is 10.1. The van der Waals surface area contributed by atoms with Gasteiger partial charge < -0.3 is 5.32 Å². The number of aryl methyl sites for hydroxylation is 1. The molecule has 0 spiro atoms. The molecule has 112 valence electrons. The molecule has 2 aromatic carbocycles. The van der Waals surface area contributed by atoms with E-state index in [0.29, 0.717) is 0 Å². The molecule has 0 atom stereocenters. The first-order valence-electron chi connectivity index (χ1n) is 7.92. The molecule has 2 rings (SSSR count). The van der Waals surface area contributed by atoms with Gasteiger partial charge in [-0.25, -0.2) is 0 Å². The molecule has 1 nitrogen and oxygen atoms in total. The third-order valence-corrected chi connectivity index (χ3v) is 5.91. The number of para-hydroxylation sites is 1. The Balaban J connectivity index is 2.03. The lowest BCUT2D eigenvalue weighted by Crippen LogP contribution is -2.37. The van der Waals surface area contributed by atoms with Gasteiger partial charge in [0.2, 0.25) is 0 Å². The summed E-state index contributed by atoms with van der Waals surface area (Å²) in [7, 11) is -1.18. The van der Waals surface area contributed by atoms with Gasteiger partial charge in [0.05, 0.1) is 8.07 Å². The standard InChI is InChI=1S/C19H27NSi/c1-5-8-17-9-6-7-10-19(17)20-15-16-11-13-18(14-12-16)21(2,3)4/h6-7,9-14,20H,5,8,15H2,1-4H3. The average molecular weight is 298 g/mol. The summed E-state index contributed by atoms with van der Waals surface area (Å²) in [6.45, 7) is 10.3. The predicted molar refractivity (Wildman–Crippen MR) is 97.2 cm³/mol. The van der Waals surface area contributed by atoms with Crippen LogP contribution in [0.3, 0.4) is 0 Å². The zero-order valence-corrected chi connectivity index (χ0v) is 14.7. The Kier molecular flexibility index (Phi) is 5.24. The van der Waals surface area contributed by atoms with Crippen molar-refractivity contribution in [3.05, 3.63) is 59.7 Å². The normalized spacial score (nSPS) is 11.4. The Labute approximate surface area is 130 Å². The molecule has 0 unspecified atom stereocenters. The predicted octanol–water partition coefficient (Wildman–Crippen LogP) is 4.80. The number of nitrogens with one attached hydrogen (secondary N) is 1. The van der Waals surface area contributed by atoms with Crippen molar-refractivity contribution in [2.75, 3.05) is 5.32 Å². The summed E-state index contributed by atoms with van der Waals surface area (Å²) in [5, 5.41) is 5.11. The molecule has 2 heteroatoms. The van der Waals surface area contributed by atoms with E-state index in [1.165, 1.54) is 28.4 Å². The Hall–Kier alpha value is -1.54. The van der Waals surface area contributed by atoms with Gasteiger partial charge in [-0.15, -0.1) is 0 Å². The van der Waals surface area contributed by atoms with Gasteiger partial charge in [-0.2, -0.15) is 0 Å². The van der Waals surface area contributed by atoms with Gasteiger partial charge >= 0.3 is 0 Å². The van der Waals surface area contributed by atoms with Crippen molar-refractivity contribution in [3.8, 4) is 0 Å². The van der Waals surface area contributed by atoms with Crippen molar-refractivity contribution in [1.29, 1.82) is 0 Å². The maximum absolute atomic E-state index is 3.58. The van der Waals surface area contributed by atoms with E-state index in [4.69, 9.17) is 0 Å².